The van der Waals surface area contributed by atoms with Crippen molar-refractivity contribution in [2.75, 3.05) is 25.0 Å². The highest BCUT2D eigenvalue weighted by Gasteiger charge is 2.47. The van der Waals surface area contributed by atoms with E-state index in [2.05, 4.69) is 51.6 Å². The van der Waals surface area contributed by atoms with Gasteiger partial charge in [0.15, 0.2) is 11.2 Å². The summed E-state index contributed by atoms with van der Waals surface area (Å²) in [6, 6.07) is 46.9. The first-order chi connectivity index (χ1) is 31.0. The van der Waals surface area contributed by atoms with Crippen molar-refractivity contribution in [2.45, 2.75) is 51.7 Å². The Balaban J connectivity index is 1.19. The highest BCUT2D eigenvalue weighted by Crippen LogP contribution is 2.45. The van der Waals surface area contributed by atoms with Gasteiger partial charge >= 0.3 is 14.2 Å². The maximum absolute atomic E-state index is 13.5. The zero-order valence-electron chi connectivity index (χ0n) is 35.6. The summed E-state index contributed by atoms with van der Waals surface area (Å²) in [4.78, 5) is 52.2. The largest absolute Gasteiger partial charge is 0.694 e. The third-order valence-corrected chi connectivity index (χ3v) is 11.2. The van der Waals surface area contributed by atoms with Crippen LogP contribution in [0.25, 0.3) is 11.2 Å². The maximum atomic E-state index is 13.5. The third-order valence-electron chi connectivity index (χ3n) is 10.9. The molecule has 8 rings (SSSR count). The molecule has 1 amide bonds. The average molecular weight is 880 g/mol. The fourth-order valence-corrected chi connectivity index (χ4v) is 8.14. The summed E-state index contributed by atoms with van der Waals surface area (Å²) < 4.78 is 37.7. The molecule has 326 valence electrons. The Hall–Kier alpha value is -6.67. The van der Waals surface area contributed by atoms with Gasteiger partial charge in [-0.2, -0.15) is 9.97 Å². The predicted molar refractivity (Wildman–Crippen MR) is 240 cm³/mol. The van der Waals surface area contributed by atoms with Gasteiger partial charge in [-0.05, 0) is 60.7 Å². The van der Waals surface area contributed by atoms with Crippen molar-refractivity contribution in [2.24, 2.45) is 5.41 Å². The molecule has 0 aliphatic carbocycles. The van der Waals surface area contributed by atoms with E-state index in [4.69, 9.17) is 28.7 Å². The summed E-state index contributed by atoms with van der Waals surface area (Å²) in [6.07, 6.45) is 0.179. The van der Waals surface area contributed by atoms with E-state index in [0.29, 0.717) is 23.5 Å². The van der Waals surface area contributed by atoms with Crippen molar-refractivity contribution in [1.29, 1.82) is 0 Å². The smallest absolute Gasteiger partial charge is 0.471 e. The van der Waals surface area contributed by atoms with E-state index >= 15 is 0 Å². The Labute approximate surface area is 371 Å². The topological polar surface area (TPSA) is 167 Å². The van der Waals surface area contributed by atoms with Crippen molar-refractivity contribution in [3.63, 3.8) is 0 Å². The van der Waals surface area contributed by atoms with E-state index in [-0.39, 0.29) is 49.9 Å². The molecule has 7 aromatic rings. The molecule has 1 unspecified atom stereocenters. The number of carbonyl (C=O) groups excluding carboxylic acids is 2. The van der Waals surface area contributed by atoms with Crippen molar-refractivity contribution < 1.29 is 37.8 Å². The normalized spacial score (nSPS) is 16.0. The summed E-state index contributed by atoms with van der Waals surface area (Å²) in [5.74, 6) is -0.180. The number of amides is 1. The lowest BCUT2D eigenvalue weighted by Crippen LogP contribution is -2.57. The highest BCUT2D eigenvalue weighted by molar-refractivity contribution is 7.32. The van der Waals surface area contributed by atoms with Crippen LogP contribution in [-0.2, 0) is 42.0 Å². The summed E-state index contributed by atoms with van der Waals surface area (Å²) in [7, 11) is -2.92. The van der Waals surface area contributed by atoms with Crippen LogP contribution in [0.1, 0.15) is 54.8 Å². The van der Waals surface area contributed by atoms with Crippen LogP contribution in [0.4, 0.5) is 5.95 Å². The molecular formula is C49H48N6O8P+. The number of hydrogen-bond acceptors (Lipinski definition) is 11. The first kappa shape index (κ1) is 44.0. The van der Waals surface area contributed by atoms with E-state index in [0.717, 1.165) is 27.8 Å². The molecule has 0 spiro atoms. The number of rotatable bonds is 15. The highest BCUT2D eigenvalue weighted by atomic mass is 31.1. The molecular weight excluding hydrogens is 832 g/mol. The van der Waals surface area contributed by atoms with Gasteiger partial charge in [-0.25, -0.2) is 4.98 Å². The summed E-state index contributed by atoms with van der Waals surface area (Å²) in [6.45, 7) is 5.84. The number of benzene rings is 5. The molecule has 0 radical (unpaired) electrons. The van der Waals surface area contributed by atoms with Crippen molar-refractivity contribution >= 4 is 37.2 Å². The standard InChI is InChI=1S/C49H47N6O8P/c1-48(2,3)46(57)63-39-26-24-35(25-27-39)31-60-45-43-44(52-47(53-45)51-41(56)28-34-16-8-4-9-17-34)55(33-50-43)42-30-54(29-40(62-42)32-61-64(58)59)49(36-18-10-5-11-19-36,37-20-12-6-13-21-37)38-22-14-7-15-23-38/h4-27,33,40,42H,28-32H2,1-3H3,(H-,51,52,53,56,58,59)/p+1/t40-,42+/m0/s1. The van der Waals surface area contributed by atoms with Gasteiger partial charge in [0, 0.05) is 17.7 Å². The van der Waals surface area contributed by atoms with Crippen molar-refractivity contribution in [3.05, 3.63) is 180 Å². The number of nitrogens with zero attached hydrogens (tertiary/aromatic N) is 5. The zero-order chi connectivity index (χ0) is 44.7. The van der Waals surface area contributed by atoms with Gasteiger partial charge < -0.3 is 14.2 Å². The molecule has 14 nitrogen and oxygen atoms in total. The molecule has 1 saturated heterocycles. The fourth-order valence-electron chi connectivity index (χ4n) is 7.84. The molecule has 1 fully saturated rings. The lowest BCUT2D eigenvalue weighted by molar-refractivity contribution is -0.145. The number of fused-ring (bicyclic) bond motifs is 1. The minimum Gasteiger partial charge on any atom is -0.471 e. The number of anilines is 1. The lowest BCUT2D eigenvalue weighted by Gasteiger charge is -2.50. The van der Waals surface area contributed by atoms with Crippen LogP contribution in [0.2, 0.25) is 0 Å². The molecule has 3 atom stereocenters. The van der Waals surface area contributed by atoms with Gasteiger partial charge in [0.25, 0.3) is 0 Å². The van der Waals surface area contributed by atoms with E-state index in [9.17, 15) is 19.0 Å². The van der Waals surface area contributed by atoms with Crippen molar-refractivity contribution in [1.82, 2.24) is 24.4 Å². The Morgan fingerprint density at radius 3 is 1.92 bits per heavy atom. The van der Waals surface area contributed by atoms with Gasteiger partial charge in [-0.3, -0.25) is 24.4 Å². The maximum Gasteiger partial charge on any atom is 0.694 e. The second-order valence-corrected chi connectivity index (χ2v) is 17.2. The second kappa shape index (κ2) is 19.4. The van der Waals surface area contributed by atoms with Crippen molar-refractivity contribution in [3.8, 4) is 11.6 Å². The predicted octanol–water partition coefficient (Wildman–Crippen LogP) is 8.40. The van der Waals surface area contributed by atoms with Crippen LogP contribution < -0.4 is 14.8 Å². The number of aromatic nitrogens is 4. The molecule has 0 bridgehead atoms. The van der Waals surface area contributed by atoms with E-state index in [1.807, 2.05) is 84.9 Å². The molecule has 64 heavy (non-hydrogen) atoms. The van der Waals surface area contributed by atoms with Crippen LogP contribution in [-0.4, -0.2) is 67.0 Å². The first-order valence-corrected chi connectivity index (χ1v) is 22.0. The van der Waals surface area contributed by atoms with Gasteiger partial charge in [-0.1, -0.05) is 133 Å². The quantitative estimate of drug-likeness (QED) is 0.0438. The fraction of sp³-hybridized carbons (Fsp3) is 0.245. The number of hydrogen-bond donors (Lipinski definition) is 2. The number of ether oxygens (including phenoxy) is 3. The summed E-state index contributed by atoms with van der Waals surface area (Å²) >= 11 is 0. The average Bonchev–Trinajstić information content (AvgIpc) is 3.73. The van der Waals surface area contributed by atoms with E-state index in [1.54, 1.807) is 55.9 Å². The molecule has 5 aromatic carbocycles. The Morgan fingerprint density at radius 2 is 1.36 bits per heavy atom. The number of morpholine rings is 1. The summed E-state index contributed by atoms with van der Waals surface area (Å²) in [5.41, 5.74) is 3.65. The van der Waals surface area contributed by atoms with Gasteiger partial charge in [0.05, 0.1) is 23.7 Å². The van der Waals surface area contributed by atoms with Gasteiger partial charge in [0.1, 0.15) is 31.3 Å². The molecule has 3 heterocycles. The Morgan fingerprint density at radius 1 is 0.781 bits per heavy atom. The molecule has 2 aromatic heterocycles. The third kappa shape index (κ3) is 9.92. The summed E-state index contributed by atoms with van der Waals surface area (Å²) in [5, 5.41) is 2.86. The molecule has 0 saturated carbocycles. The second-order valence-electron chi connectivity index (χ2n) is 16.4. The van der Waals surface area contributed by atoms with Crippen LogP contribution in [0.3, 0.4) is 0 Å². The molecule has 15 heteroatoms. The minimum absolute atomic E-state index is 0.00773. The van der Waals surface area contributed by atoms with Crippen LogP contribution in [0.5, 0.6) is 11.6 Å². The number of carbonyl (C=O) groups is 2. The van der Waals surface area contributed by atoms with E-state index in [1.165, 1.54) is 0 Å². The van der Waals surface area contributed by atoms with Crippen LogP contribution in [0, 0.1) is 5.41 Å². The lowest BCUT2D eigenvalue weighted by atomic mass is 9.75. The first-order valence-electron chi connectivity index (χ1n) is 20.9. The number of esters is 1. The zero-order valence-corrected chi connectivity index (χ0v) is 36.5. The molecule has 2 N–H and O–H groups in total. The minimum atomic E-state index is -2.92. The SMILES string of the molecule is CC(C)(C)C(=O)Oc1ccc(COc2nc(NC(=O)Cc3ccccc3)nc3c2ncn3[C@H]2CN(C(c3ccccc3)(c3ccccc3)c3ccccc3)C[C@@H](CO[P+](=O)O)O2)cc1. The van der Waals surface area contributed by atoms with Gasteiger partial charge in [-0.15, -0.1) is 9.42 Å². The number of nitrogens with one attached hydrogen (secondary N) is 1. The Kier molecular flexibility index (Phi) is 13.3. The monoisotopic (exact) mass is 879 g/mol. The van der Waals surface area contributed by atoms with E-state index < -0.39 is 31.5 Å². The number of imidazole rings is 1. The molecule has 1 aliphatic rings. The van der Waals surface area contributed by atoms with Crippen LogP contribution in [0.15, 0.2) is 152 Å². The van der Waals surface area contributed by atoms with Crippen LogP contribution >= 0.6 is 8.25 Å². The Bertz CT molecular complexity index is 2600. The molecule has 1 aliphatic heterocycles. The van der Waals surface area contributed by atoms with Gasteiger partial charge in [0.2, 0.25) is 17.7 Å².